The van der Waals surface area contributed by atoms with Crippen LogP contribution in [0.15, 0.2) is 30.3 Å². The van der Waals surface area contributed by atoms with Crippen LogP contribution in [0.25, 0.3) is 0 Å². The molecule has 118 valence electrons. The van der Waals surface area contributed by atoms with Crippen molar-refractivity contribution in [2.24, 2.45) is 0 Å². The van der Waals surface area contributed by atoms with Crippen LogP contribution >= 0.6 is 0 Å². The average Bonchev–Trinajstić information content (AvgIpc) is 2.96. The van der Waals surface area contributed by atoms with Gasteiger partial charge in [0, 0.05) is 25.9 Å². The second-order valence-electron chi connectivity index (χ2n) is 6.70. The number of ether oxygens (including phenoxy) is 2. The third-order valence-electron chi connectivity index (χ3n) is 5.57. The lowest BCUT2D eigenvalue weighted by atomic mass is 9.63. The number of likely N-dealkylation sites (tertiary alicyclic amines) is 1. The summed E-state index contributed by atoms with van der Waals surface area (Å²) in [5.41, 5.74) is 0.906. The lowest BCUT2D eigenvalue weighted by molar-refractivity contribution is -0.189. The van der Waals surface area contributed by atoms with Crippen LogP contribution in [0.5, 0.6) is 0 Å². The van der Waals surface area contributed by atoms with Gasteiger partial charge in [0.05, 0.1) is 18.6 Å². The monoisotopic (exact) mass is 301 g/mol. The summed E-state index contributed by atoms with van der Waals surface area (Å²) in [5, 5.41) is 0. The van der Waals surface area contributed by atoms with Crippen molar-refractivity contribution in [3.05, 3.63) is 35.9 Å². The molecular weight excluding hydrogens is 278 g/mol. The fourth-order valence-corrected chi connectivity index (χ4v) is 4.05. The van der Waals surface area contributed by atoms with Crippen LogP contribution < -0.4 is 0 Å². The Kier molecular flexibility index (Phi) is 3.46. The van der Waals surface area contributed by atoms with Crippen LogP contribution in [-0.2, 0) is 19.7 Å². The topological polar surface area (TPSA) is 38.8 Å². The first-order valence-electron chi connectivity index (χ1n) is 8.37. The Morgan fingerprint density at radius 1 is 0.955 bits per heavy atom. The van der Waals surface area contributed by atoms with Gasteiger partial charge in [-0.2, -0.15) is 0 Å². The van der Waals surface area contributed by atoms with Crippen molar-refractivity contribution in [2.45, 2.75) is 43.3 Å². The molecule has 4 heteroatoms. The Morgan fingerprint density at radius 2 is 1.59 bits per heavy atom. The molecule has 1 spiro atoms. The van der Waals surface area contributed by atoms with Gasteiger partial charge in [0.25, 0.3) is 0 Å². The second-order valence-corrected chi connectivity index (χ2v) is 6.70. The first kappa shape index (κ1) is 14.2. The smallest absolute Gasteiger partial charge is 0.233 e. The molecule has 0 N–H and O–H groups in total. The van der Waals surface area contributed by atoms with Gasteiger partial charge < -0.3 is 14.4 Å². The van der Waals surface area contributed by atoms with Crippen molar-refractivity contribution >= 4 is 5.91 Å². The molecule has 22 heavy (non-hydrogen) atoms. The standard InChI is InChI=1S/C18H23NO3/c20-16(17(7-4-8-17)15-5-2-1-3-6-15)19-11-9-18(10-12-19)21-13-14-22-18/h1-3,5-6H,4,7-14H2. The van der Waals surface area contributed by atoms with E-state index in [-0.39, 0.29) is 5.41 Å². The number of hydrogen-bond donors (Lipinski definition) is 0. The van der Waals surface area contributed by atoms with Gasteiger partial charge in [0.1, 0.15) is 0 Å². The Morgan fingerprint density at radius 3 is 2.14 bits per heavy atom. The summed E-state index contributed by atoms with van der Waals surface area (Å²) in [4.78, 5) is 15.2. The van der Waals surface area contributed by atoms with Crippen molar-refractivity contribution in [3.8, 4) is 0 Å². The van der Waals surface area contributed by atoms with Gasteiger partial charge in [0.2, 0.25) is 5.91 Å². The van der Waals surface area contributed by atoms with Gasteiger partial charge in [-0.05, 0) is 18.4 Å². The molecule has 1 aromatic carbocycles. The number of hydrogen-bond acceptors (Lipinski definition) is 3. The molecule has 2 saturated heterocycles. The van der Waals surface area contributed by atoms with Crippen molar-refractivity contribution in [1.82, 2.24) is 4.90 Å². The minimum absolute atomic E-state index is 0.275. The normalized spacial score (nSPS) is 25.9. The molecule has 0 radical (unpaired) electrons. The second kappa shape index (κ2) is 5.36. The summed E-state index contributed by atoms with van der Waals surface area (Å²) in [6.45, 7) is 2.85. The van der Waals surface area contributed by atoms with Crippen LogP contribution in [0.4, 0.5) is 0 Å². The molecule has 1 aromatic rings. The van der Waals surface area contributed by atoms with Crippen LogP contribution in [0.1, 0.15) is 37.7 Å². The molecule has 0 bridgehead atoms. The molecule has 2 aliphatic heterocycles. The zero-order valence-electron chi connectivity index (χ0n) is 12.9. The van der Waals surface area contributed by atoms with E-state index in [2.05, 4.69) is 12.1 Å². The van der Waals surface area contributed by atoms with Gasteiger partial charge in [-0.1, -0.05) is 36.8 Å². The fourth-order valence-electron chi connectivity index (χ4n) is 4.05. The van der Waals surface area contributed by atoms with Crippen molar-refractivity contribution < 1.29 is 14.3 Å². The Bertz CT molecular complexity index is 537. The zero-order chi connectivity index (χ0) is 15.0. The predicted octanol–water partition coefficient (Wildman–Crippen LogP) is 2.47. The summed E-state index contributed by atoms with van der Waals surface area (Å²) in [6, 6.07) is 10.3. The fraction of sp³-hybridized carbons (Fsp3) is 0.611. The van der Waals surface area contributed by atoms with Crippen LogP contribution in [0.2, 0.25) is 0 Å². The maximum absolute atomic E-state index is 13.2. The summed E-state index contributed by atoms with van der Waals surface area (Å²) >= 11 is 0. The van der Waals surface area contributed by atoms with Crippen LogP contribution in [-0.4, -0.2) is 42.9 Å². The zero-order valence-corrected chi connectivity index (χ0v) is 12.9. The third kappa shape index (κ3) is 2.17. The van der Waals surface area contributed by atoms with Gasteiger partial charge in [-0.3, -0.25) is 4.79 Å². The summed E-state index contributed by atoms with van der Waals surface area (Å²) in [7, 11) is 0. The minimum atomic E-state index is -0.406. The summed E-state index contributed by atoms with van der Waals surface area (Å²) in [5.74, 6) is -0.103. The van der Waals surface area contributed by atoms with E-state index in [1.165, 1.54) is 5.56 Å². The maximum atomic E-state index is 13.2. The molecule has 4 rings (SSSR count). The highest BCUT2D eigenvalue weighted by Crippen LogP contribution is 2.46. The van der Waals surface area contributed by atoms with Gasteiger partial charge >= 0.3 is 0 Å². The van der Waals surface area contributed by atoms with Gasteiger partial charge in [0.15, 0.2) is 5.79 Å². The molecule has 3 aliphatic rings. The molecule has 0 aromatic heterocycles. The highest BCUT2D eigenvalue weighted by Gasteiger charge is 2.49. The SMILES string of the molecule is O=C(N1CCC2(CC1)OCCO2)C1(c2ccccc2)CCC1. The molecule has 3 fully saturated rings. The number of carbonyl (C=O) groups excluding carboxylic acids is 1. The molecule has 1 aliphatic carbocycles. The quantitative estimate of drug-likeness (QED) is 0.842. The lowest BCUT2D eigenvalue weighted by Crippen LogP contribution is -2.55. The van der Waals surface area contributed by atoms with E-state index in [1.807, 2.05) is 23.1 Å². The number of piperidine rings is 1. The number of amides is 1. The number of nitrogens with zero attached hydrogens (tertiary/aromatic N) is 1. The molecule has 0 unspecified atom stereocenters. The van der Waals surface area contributed by atoms with Crippen molar-refractivity contribution in [1.29, 1.82) is 0 Å². The molecule has 2 heterocycles. The highest BCUT2D eigenvalue weighted by atomic mass is 16.7. The van der Waals surface area contributed by atoms with E-state index >= 15 is 0 Å². The average molecular weight is 301 g/mol. The van der Waals surface area contributed by atoms with Crippen LogP contribution in [0, 0.1) is 0 Å². The van der Waals surface area contributed by atoms with Gasteiger partial charge in [-0.25, -0.2) is 0 Å². The lowest BCUT2D eigenvalue weighted by Gasteiger charge is -2.46. The van der Waals surface area contributed by atoms with E-state index in [0.717, 1.165) is 45.2 Å². The molecule has 1 saturated carbocycles. The number of benzene rings is 1. The van der Waals surface area contributed by atoms with Crippen LogP contribution in [0.3, 0.4) is 0 Å². The minimum Gasteiger partial charge on any atom is -0.347 e. The van der Waals surface area contributed by atoms with Gasteiger partial charge in [-0.15, -0.1) is 0 Å². The number of carbonyl (C=O) groups is 1. The van der Waals surface area contributed by atoms with E-state index in [0.29, 0.717) is 19.1 Å². The molecule has 4 nitrogen and oxygen atoms in total. The van der Waals surface area contributed by atoms with Crippen molar-refractivity contribution in [2.75, 3.05) is 26.3 Å². The summed E-state index contributed by atoms with van der Waals surface area (Å²) < 4.78 is 11.5. The van der Waals surface area contributed by atoms with E-state index in [4.69, 9.17) is 9.47 Å². The Labute approximate surface area is 131 Å². The third-order valence-corrected chi connectivity index (χ3v) is 5.57. The molecular formula is C18H23NO3. The Hall–Kier alpha value is -1.39. The first-order chi connectivity index (χ1) is 10.7. The van der Waals surface area contributed by atoms with E-state index < -0.39 is 5.79 Å². The molecule has 1 amide bonds. The predicted molar refractivity (Wildman–Crippen MR) is 82.4 cm³/mol. The maximum Gasteiger partial charge on any atom is 0.233 e. The Balaban J connectivity index is 1.50. The largest absolute Gasteiger partial charge is 0.347 e. The first-order valence-corrected chi connectivity index (χ1v) is 8.37. The van der Waals surface area contributed by atoms with E-state index in [1.54, 1.807) is 0 Å². The van der Waals surface area contributed by atoms with E-state index in [9.17, 15) is 4.79 Å². The molecule has 0 atom stereocenters. The van der Waals surface area contributed by atoms with Crippen molar-refractivity contribution in [3.63, 3.8) is 0 Å². The summed E-state index contributed by atoms with van der Waals surface area (Å²) in [6.07, 6.45) is 4.69. The number of rotatable bonds is 2. The highest BCUT2D eigenvalue weighted by molar-refractivity contribution is 5.89.